The van der Waals surface area contributed by atoms with E-state index in [9.17, 15) is 0 Å². The SMILES string of the molecule is C[N+]1(C)CCC[C@@H]2c3ccccc3Sc3ccc(Cl)cc3[C@@H]21. The lowest BCUT2D eigenvalue weighted by molar-refractivity contribution is -0.928. The average molecular weight is 331 g/mol. The van der Waals surface area contributed by atoms with E-state index >= 15 is 0 Å². The van der Waals surface area contributed by atoms with Crippen LogP contribution in [0.15, 0.2) is 52.3 Å². The van der Waals surface area contributed by atoms with Crippen molar-refractivity contribution in [2.24, 2.45) is 0 Å². The molecule has 0 spiro atoms. The van der Waals surface area contributed by atoms with Crippen LogP contribution >= 0.6 is 23.4 Å². The highest BCUT2D eigenvalue weighted by atomic mass is 35.5. The van der Waals surface area contributed by atoms with Crippen LogP contribution in [0.1, 0.15) is 35.9 Å². The van der Waals surface area contributed by atoms with E-state index in [1.54, 1.807) is 0 Å². The molecule has 0 amide bonds. The van der Waals surface area contributed by atoms with Crippen LogP contribution in [0.5, 0.6) is 0 Å². The molecule has 1 nitrogen and oxygen atoms in total. The molecule has 2 heterocycles. The molecule has 2 atom stereocenters. The molecule has 1 fully saturated rings. The molecule has 2 aromatic rings. The molecule has 2 aromatic carbocycles. The fourth-order valence-corrected chi connectivity index (χ4v) is 5.60. The Morgan fingerprint density at radius 1 is 1.05 bits per heavy atom. The summed E-state index contributed by atoms with van der Waals surface area (Å²) in [5, 5.41) is 0.856. The number of likely N-dealkylation sites (N-methyl/N-ethyl adjacent to an activating group) is 1. The van der Waals surface area contributed by atoms with Gasteiger partial charge < -0.3 is 4.48 Å². The average Bonchev–Trinajstić information content (AvgIpc) is 2.62. The van der Waals surface area contributed by atoms with Gasteiger partial charge in [-0.25, -0.2) is 0 Å². The van der Waals surface area contributed by atoms with Crippen molar-refractivity contribution in [3.63, 3.8) is 0 Å². The number of piperidine rings is 1. The van der Waals surface area contributed by atoms with Crippen LogP contribution in [0.3, 0.4) is 0 Å². The van der Waals surface area contributed by atoms with Gasteiger partial charge in [-0.05, 0) is 42.7 Å². The second kappa shape index (κ2) is 5.30. The molecule has 0 unspecified atom stereocenters. The van der Waals surface area contributed by atoms with Crippen LogP contribution < -0.4 is 0 Å². The van der Waals surface area contributed by atoms with E-state index in [4.69, 9.17) is 11.6 Å². The van der Waals surface area contributed by atoms with E-state index < -0.39 is 0 Å². The number of rotatable bonds is 0. The van der Waals surface area contributed by atoms with Crippen molar-refractivity contribution in [3.8, 4) is 0 Å². The zero-order valence-electron chi connectivity index (χ0n) is 13.1. The monoisotopic (exact) mass is 330 g/mol. The summed E-state index contributed by atoms with van der Waals surface area (Å²) in [6, 6.07) is 15.9. The number of hydrogen-bond donors (Lipinski definition) is 0. The van der Waals surface area contributed by atoms with E-state index in [2.05, 4.69) is 50.5 Å². The molecule has 0 N–H and O–H groups in total. The predicted molar refractivity (Wildman–Crippen MR) is 93.7 cm³/mol. The van der Waals surface area contributed by atoms with E-state index in [1.807, 2.05) is 17.8 Å². The van der Waals surface area contributed by atoms with Gasteiger partial charge in [-0.15, -0.1) is 0 Å². The zero-order chi connectivity index (χ0) is 15.3. The van der Waals surface area contributed by atoms with Crippen molar-refractivity contribution in [1.82, 2.24) is 0 Å². The molecule has 4 rings (SSSR count). The number of nitrogens with zero attached hydrogens (tertiary/aromatic N) is 1. The molecule has 0 saturated carbocycles. The minimum absolute atomic E-state index is 0.499. The topological polar surface area (TPSA) is 0 Å². The number of likely N-dealkylation sites (tertiary alicyclic amines) is 1. The molecule has 0 bridgehead atoms. The number of halogens is 1. The summed E-state index contributed by atoms with van der Waals surface area (Å²) in [7, 11) is 4.75. The molecule has 0 aliphatic carbocycles. The van der Waals surface area contributed by atoms with Gasteiger partial charge in [-0.3, -0.25) is 0 Å². The van der Waals surface area contributed by atoms with Crippen molar-refractivity contribution >= 4 is 23.4 Å². The minimum Gasteiger partial charge on any atom is -0.322 e. The molecule has 2 aliphatic heterocycles. The van der Waals surface area contributed by atoms with Crippen LogP contribution in [-0.4, -0.2) is 25.1 Å². The number of hydrogen-bond acceptors (Lipinski definition) is 1. The highest BCUT2D eigenvalue weighted by Gasteiger charge is 2.44. The lowest BCUT2D eigenvalue weighted by atomic mass is 9.79. The maximum Gasteiger partial charge on any atom is 0.122 e. The van der Waals surface area contributed by atoms with Crippen molar-refractivity contribution in [2.75, 3.05) is 20.6 Å². The van der Waals surface area contributed by atoms with Crippen LogP contribution in [0.2, 0.25) is 5.02 Å². The Labute approximate surface area is 141 Å². The molecule has 114 valence electrons. The quantitative estimate of drug-likeness (QED) is 0.575. The maximum absolute atomic E-state index is 6.35. The van der Waals surface area contributed by atoms with Gasteiger partial charge in [0, 0.05) is 26.3 Å². The first-order valence-corrected chi connectivity index (χ1v) is 9.14. The molecule has 0 radical (unpaired) electrons. The van der Waals surface area contributed by atoms with Crippen LogP contribution in [-0.2, 0) is 0 Å². The Kier molecular flexibility index (Phi) is 3.52. The molecular weight excluding hydrogens is 310 g/mol. The minimum atomic E-state index is 0.499. The van der Waals surface area contributed by atoms with E-state index in [0.717, 1.165) is 9.51 Å². The smallest absolute Gasteiger partial charge is 0.122 e. The van der Waals surface area contributed by atoms with Gasteiger partial charge in [0.2, 0.25) is 0 Å². The third-order valence-electron chi connectivity index (χ3n) is 5.21. The summed E-state index contributed by atoms with van der Waals surface area (Å²) in [6.45, 7) is 1.24. The molecule has 2 aliphatic rings. The van der Waals surface area contributed by atoms with Crippen LogP contribution in [0.25, 0.3) is 0 Å². The number of quaternary nitrogens is 1. The van der Waals surface area contributed by atoms with Crippen molar-refractivity contribution in [3.05, 3.63) is 58.6 Å². The van der Waals surface area contributed by atoms with Crippen molar-refractivity contribution < 1.29 is 4.48 Å². The molecule has 1 saturated heterocycles. The van der Waals surface area contributed by atoms with Gasteiger partial charge in [0.15, 0.2) is 0 Å². The fourth-order valence-electron chi connectivity index (χ4n) is 4.26. The second-order valence-electron chi connectivity index (χ2n) is 7.02. The summed E-state index contributed by atoms with van der Waals surface area (Å²) in [5.41, 5.74) is 2.96. The Morgan fingerprint density at radius 2 is 1.82 bits per heavy atom. The molecule has 3 heteroatoms. The van der Waals surface area contributed by atoms with E-state index in [-0.39, 0.29) is 0 Å². The van der Waals surface area contributed by atoms with Crippen LogP contribution in [0.4, 0.5) is 0 Å². The lowest BCUT2D eigenvalue weighted by Gasteiger charge is -2.46. The molecule has 22 heavy (non-hydrogen) atoms. The third-order valence-corrected chi connectivity index (χ3v) is 6.63. The summed E-state index contributed by atoms with van der Waals surface area (Å²) in [6.07, 6.45) is 2.57. The largest absolute Gasteiger partial charge is 0.322 e. The van der Waals surface area contributed by atoms with Gasteiger partial charge in [0.25, 0.3) is 0 Å². The van der Waals surface area contributed by atoms with Gasteiger partial charge in [0.05, 0.1) is 20.6 Å². The summed E-state index contributed by atoms with van der Waals surface area (Å²) < 4.78 is 1.05. The lowest BCUT2D eigenvalue weighted by Crippen LogP contribution is -2.49. The normalized spacial score (nSPS) is 25.6. The second-order valence-corrected chi connectivity index (χ2v) is 8.54. The first kappa shape index (κ1) is 14.6. The maximum atomic E-state index is 6.35. The Morgan fingerprint density at radius 3 is 2.68 bits per heavy atom. The van der Waals surface area contributed by atoms with Crippen molar-refractivity contribution in [2.45, 2.75) is 34.6 Å². The standard InChI is InChI=1S/C19H21ClNS/c1-21(2)11-5-7-15-14-6-3-4-8-17(14)22-18-10-9-13(20)12-16(18)19(15)21/h3-4,6,8-10,12,15,19H,5,7,11H2,1-2H3/q+1/t15-,19-/m1/s1. The highest BCUT2D eigenvalue weighted by molar-refractivity contribution is 7.99. The Balaban J connectivity index is 1.98. The number of fused-ring (bicyclic) bond motifs is 5. The predicted octanol–water partition coefficient (Wildman–Crippen LogP) is 5.50. The van der Waals surface area contributed by atoms with Crippen molar-refractivity contribution in [1.29, 1.82) is 0 Å². The Hall–Kier alpha value is -0.960. The van der Waals surface area contributed by atoms with Gasteiger partial charge in [-0.1, -0.05) is 41.6 Å². The van der Waals surface area contributed by atoms with E-state index in [0.29, 0.717) is 12.0 Å². The third kappa shape index (κ3) is 2.29. The summed E-state index contributed by atoms with van der Waals surface area (Å²) in [4.78, 5) is 2.79. The Bertz CT molecular complexity index is 725. The van der Waals surface area contributed by atoms with Gasteiger partial charge >= 0.3 is 0 Å². The highest BCUT2D eigenvalue weighted by Crippen LogP contribution is 2.53. The first-order chi connectivity index (χ1) is 10.6. The summed E-state index contributed by atoms with van der Waals surface area (Å²) in [5.74, 6) is 0.590. The van der Waals surface area contributed by atoms with E-state index in [1.165, 1.54) is 40.3 Å². The first-order valence-electron chi connectivity index (χ1n) is 7.95. The summed E-state index contributed by atoms with van der Waals surface area (Å²) >= 11 is 8.26. The zero-order valence-corrected chi connectivity index (χ0v) is 14.6. The fraction of sp³-hybridized carbons (Fsp3) is 0.368. The molecular formula is C19H21ClNS+. The number of benzene rings is 2. The van der Waals surface area contributed by atoms with Gasteiger partial charge in [-0.2, -0.15) is 0 Å². The van der Waals surface area contributed by atoms with Gasteiger partial charge in [0.1, 0.15) is 6.04 Å². The van der Waals surface area contributed by atoms with Crippen LogP contribution in [0, 0.1) is 0 Å². The molecule has 0 aromatic heterocycles.